The Kier molecular flexibility index (Phi) is 10.2. The molecule has 0 bridgehead atoms. The summed E-state index contributed by atoms with van der Waals surface area (Å²) >= 11 is 0. The maximum atomic E-state index is 12.0. The quantitative estimate of drug-likeness (QED) is 0.415. The van der Waals surface area contributed by atoms with Crippen LogP contribution in [-0.4, -0.2) is 18.4 Å². The van der Waals surface area contributed by atoms with E-state index < -0.39 is 0 Å². The summed E-state index contributed by atoms with van der Waals surface area (Å²) in [6.45, 7) is 1.75. The van der Waals surface area contributed by atoms with Gasteiger partial charge in [0.05, 0.1) is 0 Å². The number of hydrogen-bond donors (Lipinski definition) is 3. The Balaban J connectivity index is 2.40. The summed E-state index contributed by atoms with van der Waals surface area (Å²) in [5, 5.41) is 3.11. The fraction of sp³-hybridized carbons (Fsp3) is 0.765. The third-order valence-electron chi connectivity index (χ3n) is 4.13. The second-order valence-corrected chi connectivity index (χ2v) is 6.18. The Morgan fingerprint density at radius 1 is 0.909 bits per heavy atom. The normalized spacial score (nSPS) is 19.4. The minimum atomic E-state index is -0.0882. The molecule has 1 rings (SSSR count). The minimum Gasteiger partial charge on any atom is -0.350 e. The van der Waals surface area contributed by atoms with E-state index in [-0.39, 0.29) is 11.9 Å². The maximum Gasteiger partial charge on any atom is 0.245 e. The molecule has 0 aromatic heterocycles. The van der Waals surface area contributed by atoms with Crippen molar-refractivity contribution < 1.29 is 9.59 Å². The third-order valence-corrected chi connectivity index (χ3v) is 4.13. The summed E-state index contributed by atoms with van der Waals surface area (Å²) in [5.41, 5.74) is 5.59. The fourth-order valence-electron chi connectivity index (χ4n) is 2.93. The molecule has 0 atom stereocenters. The molecular formula is C17H31N3O2. The standard InChI is InChI=1S/C17H31N3O2/c1-15(20-18-14-21)13-17(22)19-16-11-9-7-5-3-2-4-6-8-10-12-16/h13-14,16,20H,2-12H2,1H3,(H,18,21)(H,19,22). The topological polar surface area (TPSA) is 70.2 Å². The lowest BCUT2D eigenvalue weighted by Crippen LogP contribution is -2.35. The van der Waals surface area contributed by atoms with Gasteiger partial charge >= 0.3 is 0 Å². The predicted octanol–water partition coefficient (Wildman–Crippen LogP) is 2.93. The molecule has 5 nitrogen and oxygen atoms in total. The van der Waals surface area contributed by atoms with Crippen LogP contribution < -0.4 is 16.2 Å². The van der Waals surface area contributed by atoms with E-state index in [2.05, 4.69) is 16.2 Å². The highest BCUT2D eigenvalue weighted by Gasteiger charge is 2.11. The van der Waals surface area contributed by atoms with Gasteiger partial charge in [-0.1, -0.05) is 57.8 Å². The van der Waals surface area contributed by atoms with Gasteiger partial charge in [-0.2, -0.15) is 0 Å². The molecule has 0 radical (unpaired) electrons. The van der Waals surface area contributed by atoms with Crippen LogP contribution in [0.1, 0.15) is 77.6 Å². The number of carbonyl (C=O) groups excluding carboxylic acids is 2. The SMILES string of the molecule is CC(=CC(=O)NC1CCCCCCCCCCC1)NNC=O. The van der Waals surface area contributed by atoms with Crippen molar-refractivity contribution in [2.24, 2.45) is 0 Å². The molecule has 0 heterocycles. The maximum absolute atomic E-state index is 12.0. The second kappa shape index (κ2) is 12.1. The van der Waals surface area contributed by atoms with Crippen molar-refractivity contribution in [2.75, 3.05) is 0 Å². The highest BCUT2D eigenvalue weighted by Crippen LogP contribution is 2.16. The van der Waals surface area contributed by atoms with Gasteiger partial charge in [-0.25, -0.2) is 0 Å². The average molecular weight is 309 g/mol. The van der Waals surface area contributed by atoms with Crippen LogP contribution in [0.4, 0.5) is 0 Å². The van der Waals surface area contributed by atoms with Gasteiger partial charge < -0.3 is 10.7 Å². The first kappa shape index (κ1) is 18.5. The monoisotopic (exact) mass is 309 g/mol. The molecule has 0 aliphatic heterocycles. The Morgan fingerprint density at radius 3 is 1.91 bits per heavy atom. The van der Waals surface area contributed by atoms with Gasteiger partial charge in [-0.05, 0) is 19.8 Å². The van der Waals surface area contributed by atoms with Crippen LogP contribution in [0.15, 0.2) is 11.8 Å². The fourth-order valence-corrected chi connectivity index (χ4v) is 2.93. The third kappa shape index (κ3) is 9.42. The first-order chi connectivity index (χ1) is 10.7. The van der Waals surface area contributed by atoms with Gasteiger partial charge in [0.2, 0.25) is 12.3 Å². The zero-order chi connectivity index (χ0) is 16.0. The number of carbonyl (C=O) groups is 2. The van der Waals surface area contributed by atoms with E-state index >= 15 is 0 Å². The Bertz CT molecular complexity index is 344. The van der Waals surface area contributed by atoms with Gasteiger partial charge in [-0.15, -0.1) is 0 Å². The van der Waals surface area contributed by atoms with Crippen molar-refractivity contribution in [3.05, 3.63) is 11.8 Å². The molecule has 5 heteroatoms. The Labute approximate surface area is 134 Å². The van der Waals surface area contributed by atoms with Crippen LogP contribution in [-0.2, 0) is 9.59 Å². The molecule has 22 heavy (non-hydrogen) atoms. The van der Waals surface area contributed by atoms with E-state index in [1.54, 1.807) is 6.92 Å². The molecule has 1 fully saturated rings. The lowest BCUT2D eigenvalue weighted by Gasteiger charge is -2.19. The molecule has 1 aliphatic carbocycles. The van der Waals surface area contributed by atoms with Crippen LogP contribution in [0.25, 0.3) is 0 Å². The molecule has 0 saturated heterocycles. The molecule has 0 unspecified atom stereocenters. The lowest BCUT2D eigenvalue weighted by molar-refractivity contribution is -0.117. The highest BCUT2D eigenvalue weighted by atomic mass is 16.1. The van der Waals surface area contributed by atoms with E-state index in [9.17, 15) is 9.59 Å². The number of amides is 2. The number of hydrazine groups is 1. The van der Waals surface area contributed by atoms with Crippen molar-refractivity contribution in [1.29, 1.82) is 0 Å². The first-order valence-electron chi connectivity index (χ1n) is 8.66. The number of rotatable bonds is 5. The summed E-state index contributed by atoms with van der Waals surface area (Å²) in [5.74, 6) is -0.0882. The van der Waals surface area contributed by atoms with Crippen LogP contribution in [0, 0.1) is 0 Å². The van der Waals surface area contributed by atoms with Crippen molar-refractivity contribution in [1.82, 2.24) is 16.2 Å². The van der Waals surface area contributed by atoms with E-state index in [0.29, 0.717) is 12.1 Å². The van der Waals surface area contributed by atoms with Gasteiger partial charge in [0.15, 0.2) is 0 Å². The van der Waals surface area contributed by atoms with E-state index in [4.69, 9.17) is 0 Å². The summed E-state index contributed by atoms with van der Waals surface area (Å²) in [6, 6.07) is 0.273. The van der Waals surface area contributed by atoms with Crippen LogP contribution in [0.5, 0.6) is 0 Å². The first-order valence-corrected chi connectivity index (χ1v) is 8.66. The predicted molar refractivity (Wildman–Crippen MR) is 88.8 cm³/mol. The van der Waals surface area contributed by atoms with Gasteiger partial charge in [0.1, 0.15) is 0 Å². The zero-order valence-electron chi connectivity index (χ0n) is 13.8. The Hall–Kier alpha value is -1.52. The summed E-state index contributed by atoms with van der Waals surface area (Å²) < 4.78 is 0. The van der Waals surface area contributed by atoms with Crippen molar-refractivity contribution >= 4 is 12.3 Å². The number of nitrogens with one attached hydrogen (secondary N) is 3. The summed E-state index contributed by atoms with van der Waals surface area (Å²) in [4.78, 5) is 22.2. The smallest absolute Gasteiger partial charge is 0.245 e. The van der Waals surface area contributed by atoms with Gasteiger partial charge in [0.25, 0.3) is 0 Å². The molecular weight excluding hydrogens is 278 g/mol. The van der Waals surface area contributed by atoms with E-state index in [1.807, 2.05) is 0 Å². The highest BCUT2D eigenvalue weighted by molar-refractivity contribution is 5.88. The lowest BCUT2D eigenvalue weighted by atomic mass is 9.98. The molecule has 1 saturated carbocycles. The summed E-state index contributed by atoms with van der Waals surface area (Å²) in [6.07, 6.45) is 15.8. The molecule has 0 aromatic carbocycles. The van der Waals surface area contributed by atoms with E-state index in [1.165, 1.54) is 63.9 Å². The van der Waals surface area contributed by atoms with Gasteiger partial charge in [0, 0.05) is 17.8 Å². The largest absolute Gasteiger partial charge is 0.350 e. The number of allylic oxidation sites excluding steroid dienone is 1. The molecule has 0 spiro atoms. The van der Waals surface area contributed by atoms with Crippen molar-refractivity contribution in [3.63, 3.8) is 0 Å². The second-order valence-electron chi connectivity index (χ2n) is 6.18. The number of hydrogen-bond acceptors (Lipinski definition) is 3. The molecule has 3 N–H and O–H groups in total. The van der Waals surface area contributed by atoms with Crippen LogP contribution in [0.3, 0.4) is 0 Å². The average Bonchev–Trinajstić information content (AvgIpc) is 2.48. The van der Waals surface area contributed by atoms with Crippen LogP contribution >= 0.6 is 0 Å². The van der Waals surface area contributed by atoms with Gasteiger partial charge in [-0.3, -0.25) is 15.0 Å². The molecule has 2 amide bonds. The van der Waals surface area contributed by atoms with Crippen molar-refractivity contribution in [3.8, 4) is 0 Å². The molecule has 0 aromatic rings. The molecule has 1 aliphatic rings. The molecule has 126 valence electrons. The zero-order valence-corrected chi connectivity index (χ0v) is 13.8. The summed E-state index contributed by atoms with van der Waals surface area (Å²) in [7, 11) is 0. The Morgan fingerprint density at radius 2 is 1.41 bits per heavy atom. The van der Waals surface area contributed by atoms with E-state index in [0.717, 1.165) is 12.8 Å². The minimum absolute atomic E-state index is 0.0882. The van der Waals surface area contributed by atoms with Crippen molar-refractivity contribution in [2.45, 2.75) is 83.6 Å². The van der Waals surface area contributed by atoms with Crippen LogP contribution in [0.2, 0.25) is 0 Å².